The average Bonchev–Trinajstić information content (AvgIpc) is 2.74. The van der Waals surface area contributed by atoms with Gasteiger partial charge in [0, 0.05) is 15.6 Å². The van der Waals surface area contributed by atoms with Crippen LogP contribution in [0.1, 0.15) is 16.7 Å². The van der Waals surface area contributed by atoms with Gasteiger partial charge in [-0.15, -0.1) is 0 Å². The SMILES string of the molecule is COc1cc(/C=N\NC(=O)Cc2ccccc2)ccc1OCc1ccc(Cl)cc1Cl. The minimum Gasteiger partial charge on any atom is -0.493 e. The lowest BCUT2D eigenvalue weighted by molar-refractivity contribution is -0.120. The third-order valence-electron chi connectivity index (χ3n) is 4.20. The fraction of sp³-hybridized carbons (Fsp3) is 0.130. The van der Waals surface area contributed by atoms with E-state index in [0.29, 0.717) is 21.5 Å². The molecule has 0 atom stereocenters. The molecule has 0 heterocycles. The zero-order chi connectivity index (χ0) is 21.3. The fourth-order valence-corrected chi connectivity index (χ4v) is 3.14. The maximum absolute atomic E-state index is 12.0. The van der Waals surface area contributed by atoms with Gasteiger partial charge in [-0.25, -0.2) is 5.43 Å². The molecule has 3 aromatic rings. The molecule has 154 valence electrons. The Morgan fingerprint density at radius 3 is 2.57 bits per heavy atom. The third-order valence-corrected chi connectivity index (χ3v) is 4.78. The van der Waals surface area contributed by atoms with Gasteiger partial charge in [-0.2, -0.15) is 5.10 Å². The van der Waals surface area contributed by atoms with Crippen LogP contribution in [0, 0.1) is 0 Å². The van der Waals surface area contributed by atoms with E-state index in [1.807, 2.05) is 42.5 Å². The van der Waals surface area contributed by atoms with Crippen LogP contribution in [-0.2, 0) is 17.8 Å². The standard InChI is InChI=1S/C23H20Cl2N2O3/c1-29-22-11-17(14-26-27-23(28)12-16-5-3-2-4-6-16)7-10-21(22)30-15-18-8-9-19(24)13-20(18)25/h2-11,13-14H,12,15H2,1H3,(H,27,28)/b26-14-. The van der Waals surface area contributed by atoms with Crippen molar-refractivity contribution in [1.29, 1.82) is 0 Å². The lowest BCUT2D eigenvalue weighted by Crippen LogP contribution is -2.19. The minimum absolute atomic E-state index is 0.191. The fourth-order valence-electron chi connectivity index (χ4n) is 2.68. The monoisotopic (exact) mass is 442 g/mol. The number of hydrogen-bond acceptors (Lipinski definition) is 4. The summed E-state index contributed by atoms with van der Waals surface area (Å²) in [5, 5.41) is 5.11. The number of hydrogen-bond donors (Lipinski definition) is 1. The molecule has 5 nitrogen and oxygen atoms in total. The summed E-state index contributed by atoms with van der Waals surface area (Å²) in [5.41, 5.74) is 5.02. The molecular formula is C23H20Cl2N2O3. The second kappa shape index (κ2) is 10.7. The average molecular weight is 443 g/mol. The highest BCUT2D eigenvalue weighted by Crippen LogP contribution is 2.29. The molecule has 0 spiro atoms. The van der Waals surface area contributed by atoms with E-state index in [4.69, 9.17) is 32.7 Å². The number of benzene rings is 3. The zero-order valence-electron chi connectivity index (χ0n) is 16.3. The Morgan fingerprint density at radius 1 is 1.03 bits per heavy atom. The van der Waals surface area contributed by atoms with Crippen molar-refractivity contribution in [3.8, 4) is 11.5 Å². The molecule has 3 aromatic carbocycles. The summed E-state index contributed by atoms with van der Waals surface area (Å²) in [4.78, 5) is 12.0. The van der Waals surface area contributed by atoms with Crippen LogP contribution < -0.4 is 14.9 Å². The first-order valence-electron chi connectivity index (χ1n) is 9.16. The number of amides is 1. The molecule has 0 saturated heterocycles. The number of hydrazone groups is 1. The number of ether oxygens (including phenoxy) is 2. The lowest BCUT2D eigenvalue weighted by Gasteiger charge is -2.12. The second-order valence-corrected chi connectivity index (χ2v) is 7.23. The van der Waals surface area contributed by atoms with Gasteiger partial charge in [0.1, 0.15) is 6.61 Å². The van der Waals surface area contributed by atoms with Crippen molar-refractivity contribution in [3.05, 3.63) is 93.5 Å². The highest BCUT2D eigenvalue weighted by Gasteiger charge is 2.08. The van der Waals surface area contributed by atoms with E-state index < -0.39 is 0 Å². The van der Waals surface area contributed by atoms with E-state index in [-0.39, 0.29) is 18.9 Å². The van der Waals surface area contributed by atoms with Crippen LogP contribution in [0.5, 0.6) is 11.5 Å². The third kappa shape index (κ3) is 6.24. The number of carbonyl (C=O) groups excluding carboxylic acids is 1. The first-order valence-corrected chi connectivity index (χ1v) is 9.91. The maximum atomic E-state index is 12.0. The van der Waals surface area contributed by atoms with Crippen LogP contribution in [-0.4, -0.2) is 19.2 Å². The molecule has 0 aliphatic rings. The molecule has 0 saturated carbocycles. The summed E-state index contributed by atoms with van der Waals surface area (Å²) in [6, 6.07) is 20.1. The van der Waals surface area contributed by atoms with E-state index >= 15 is 0 Å². The van der Waals surface area contributed by atoms with E-state index in [9.17, 15) is 4.79 Å². The number of nitrogens with one attached hydrogen (secondary N) is 1. The Morgan fingerprint density at radius 2 is 1.83 bits per heavy atom. The Bertz CT molecular complexity index is 1040. The molecular weight excluding hydrogens is 423 g/mol. The number of nitrogens with zero attached hydrogens (tertiary/aromatic N) is 1. The van der Waals surface area contributed by atoms with Gasteiger partial charge >= 0.3 is 0 Å². The number of halogens is 2. The van der Waals surface area contributed by atoms with Gasteiger partial charge < -0.3 is 9.47 Å². The van der Waals surface area contributed by atoms with Crippen LogP contribution in [0.4, 0.5) is 0 Å². The van der Waals surface area contributed by atoms with Crippen molar-refractivity contribution in [2.24, 2.45) is 5.10 Å². The smallest absolute Gasteiger partial charge is 0.244 e. The highest BCUT2D eigenvalue weighted by molar-refractivity contribution is 6.35. The molecule has 3 rings (SSSR count). The van der Waals surface area contributed by atoms with Gasteiger partial charge in [-0.3, -0.25) is 4.79 Å². The molecule has 0 aromatic heterocycles. The van der Waals surface area contributed by atoms with Crippen molar-refractivity contribution in [2.45, 2.75) is 13.0 Å². The van der Waals surface area contributed by atoms with Gasteiger partial charge in [0.25, 0.3) is 0 Å². The maximum Gasteiger partial charge on any atom is 0.244 e. The largest absolute Gasteiger partial charge is 0.493 e. The quantitative estimate of drug-likeness (QED) is 0.381. The van der Waals surface area contributed by atoms with Crippen molar-refractivity contribution in [3.63, 3.8) is 0 Å². The normalized spacial score (nSPS) is 10.8. The highest BCUT2D eigenvalue weighted by atomic mass is 35.5. The Labute approximate surface area is 185 Å². The molecule has 0 aliphatic carbocycles. The predicted octanol–water partition coefficient (Wildman–Crippen LogP) is 5.27. The molecule has 1 amide bonds. The van der Waals surface area contributed by atoms with Gasteiger partial charge in [0.15, 0.2) is 11.5 Å². The molecule has 7 heteroatoms. The Hall–Kier alpha value is -3.02. The molecule has 30 heavy (non-hydrogen) atoms. The summed E-state index contributed by atoms with van der Waals surface area (Å²) in [6.07, 6.45) is 1.81. The molecule has 0 aliphatic heterocycles. The number of methoxy groups -OCH3 is 1. The number of rotatable bonds is 8. The van der Waals surface area contributed by atoms with Crippen LogP contribution in [0.3, 0.4) is 0 Å². The first-order chi connectivity index (χ1) is 14.5. The van der Waals surface area contributed by atoms with Crippen LogP contribution in [0.15, 0.2) is 71.8 Å². The van der Waals surface area contributed by atoms with Crippen LogP contribution in [0.2, 0.25) is 10.0 Å². The molecule has 0 bridgehead atoms. The van der Waals surface area contributed by atoms with E-state index in [1.165, 1.54) is 0 Å². The summed E-state index contributed by atoms with van der Waals surface area (Å²) < 4.78 is 11.2. The van der Waals surface area contributed by atoms with E-state index in [0.717, 1.165) is 16.7 Å². The van der Waals surface area contributed by atoms with Crippen LogP contribution >= 0.6 is 23.2 Å². The lowest BCUT2D eigenvalue weighted by atomic mass is 10.1. The Balaban J connectivity index is 1.59. The van der Waals surface area contributed by atoms with Gasteiger partial charge in [-0.05, 0) is 41.5 Å². The predicted molar refractivity (Wildman–Crippen MR) is 120 cm³/mol. The van der Waals surface area contributed by atoms with E-state index in [1.54, 1.807) is 37.6 Å². The molecule has 0 unspecified atom stereocenters. The second-order valence-electron chi connectivity index (χ2n) is 6.39. The summed E-state index contributed by atoms with van der Waals surface area (Å²) >= 11 is 12.1. The molecule has 1 N–H and O–H groups in total. The van der Waals surface area contributed by atoms with Crippen molar-refractivity contribution >= 4 is 35.3 Å². The summed E-state index contributed by atoms with van der Waals surface area (Å²) in [7, 11) is 1.56. The van der Waals surface area contributed by atoms with Gasteiger partial charge in [-0.1, -0.05) is 59.6 Å². The Kier molecular flexibility index (Phi) is 7.71. The summed E-state index contributed by atoms with van der Waals surface area (Å²) in [6.45, 7) is 0.273. The van der Waals surface area contributed by atoms with Crippen molar-refractivity contribution < 1.29 is 14.3 Å². The minimum atomic E-state index is -0.191. The number of carbonyl (C=O) groups is 1. The molecule has 0 radical (unpaired) electrons. The van der Waals surface area contributed by atoms with Crippen molar-refractivity contribution in [2.75, 3.05) is 7.11 Å². The van der Waals surface area contributed by atoms with Crippen LogP contribution in [0.25, 0.3) is 0 Å². The first kappa shape index (κ1) is 21.7. The molecule has 0 fully saturated rings. The van der Waals surface area contributed by atoms with Gasteiger partial charge in [0.05, 0.1) is 19.7 Å². The zero-order valence-corrected chi connectivity index (χ0v) is 17.8. The topological polar surface area (TPSA) is 59.9 Å². The van der Waals surface area contributed by atoms with Gasteiger partial charge in [0.2, 0.25) is 5.91 Å². The van der Waals surface area contributed by atoms with Crippen molar-refractivity contribution in [1.82, 2.24) is 5.43 Å². The van der Waals surface area contributed by atoms with E-state index in [2.05, 4.69) is 10.5 Å². The summed E-state index contributed by atoms with van der Waals surface area (Å²) in [5.74, 6) is 0.914.